The first-order valence-corrected chi connectivity index (χ1v) is 4.21. The Balaban J connectivity index is 2.79. The van der Waals surface area contributed by atoms with Crippen LogP contribution in [0.1, 0.15) is 6.92 Å². The summed E-state index contributed by atoms with van der Waals surface area (Å²) in [4.78, 5) is 7.82. The summed E-state index contributed by atoms with van der Waals surface area (Å²) in [5.41, 5.74) is 5.47. The predicted octanol–water partition coefficient (Wildman–Crippen LogP) is 0.503. The van der Waals surface area contributed by atoms with Gasteiger partial charge < -0.3 is 15.8 Å². The first kappa shape index (κ1) is 10.1. The van der Waals surface area contributed by atoms with Gasteiger partial charge in [0.25, 0.3) is 0 Å². The number of anilines is 2. The number of hydrogen-bond donors (Lipinski definition) is 2. The van der Waals surface area contributed by atoms with Crippen LogP contribution >= 0.6 is 0 Å². The van der Waals surface area contributed by atoms with Crippen LogP contribution in [0.2, 0.25) is 0 Å². The molecule has 0 spiro atoms. The second-order valence-corrected chi connectivity index (χ2v) is 2.47. The average molecular weight is 192 g/mol. The van der Waals surface area contributed by atoms with Gasteiger partial charge in [-0.1, -0.05) is 5.92 Å². The van der Waals surface area contributed by atoms with Crippen LogP contribution in [0, 0.1) is 12.3 Å². The smallest absolute Gasteiger partial charge is 0.225 e. The van der Waals surface area contributed by atoms with Crippen LogP contribution in [0.15, 0.2) is 6.07 Å². The van der Waals surface area contributed by atoms with E-state index in [1.165, 1.54) is 0 Å². The van der Waals surface area contributed by atoms with Gasteiger partial charge >= 0.3 is 0 Å². The fraction of sp³-hybridized carbons (Fsp3) is 0.333. The number of nitrogens with one attached hydrogen (secondary N) is 1. The number of hydrogen-bond acceptors (Lipinski definition) is 5. The van der Waals surface area contributed by atoms with Gasteiger partial charge in [-0.25, -0.2) is 0 Å². The molecule has 3 N–H and O–H groups in total. The molecular formula is C9H12N4O. The van der Waals surface area contributed by atoms with E-state index in [1.807, 2.05) is 6.92 Å². The van der Waals surface area contributed by atoms with Gasteiger partial charge in [0.1, 0.15) is 5.82 Å². The maximum atomic E-state index is 5.47. The van der Waals surface area contributed by atoms with Gasteiger partial charge in [-0.3, -0.25) is 0 Å². The molecule has 0 atom stereocenters. The molecule has 0 fully saturated rings. The molecule has 14 heavy (non-hydrogen) atoms. The lowest BCUT2D eigenvalue weighted by Gasteiger charge is -2.06. The minimum absolute atomic E-state index is 0.162. The largest absolute Gasteiger partial charge is 0.464 e. The van der Waals surface area contributed by atoms with Crippen molar-refractivity contribution in [1.29, 1.82) is 0 Å². The Bertz CT molecular complexity index is 345. The summed E-state index contributed by atoms with van der Waals surface area (Å²) in [6.07, 6.45) is 5.05. The molecule has 0 bridgehead atoms. The molecule has 1 aromatic rings. The van der Waals surface area contributed by atoms with Gasteiger partial charge in [-0.2, -0.15) is 9.97 Å². The van der Waals surface area contributed by atoms with Gasteiger partial charge in [0.2, 0.25) is 11.8 Å². The molecule has 0 radical (unpaired) electrons. The third kappa shape index (κ3) is 2.83. The number of nitrogen functional groups attached to an aromatic ring is 1. The third-order valence-corrected chi connectivity index (χ3v) is 1.38. The van der Waals surface area contributed by atoms with E-state index in [0.717, 1.165) is 6.54 Å². The zero-order chi connectivity index (χ0) is 10.4. The first-order chi connectivity index (χ1) is 6.76. The SMILES string of the molecule is C#CCOc1cc(NCC)nc(N)n1. The maximum absolute atomic E-state index is 5.47. The lowest BCUT2D eigenvalue weighted by molar-refractivity contribution is 0.355. The second kappa shape index (κ2) is 4.92. The molecule has 0 saturated carbocycles. The van der Waals surface area contributed by atoms with Crippen molar-refractivity contribution in [3.63, 3.8) is 0 Å². The molecular weight excluding hydrogens is 180 g/mol. The van der Waals surface area contributed by atoms with Crippen LogP contribution in [-0.2, 0) is 0 Å². The summed E-state index contributed by atoms with van der Waals surface area (Å²) >= 11 is 0. The maximum Gasteiger partial charge on any atom is 0.225 e. The number of nitrogens with zero attached hydrogens (tertiary/aromatic N) is 2. The number of ether oxygens (including phenoxy) is 1. The predicted molar refractivity (Wildman–Crippen MR) is 54.9 cm³/mol. The summed E-state index contributed by atoms with van der Waals surface area (Å²) in [6, 6.07) is 1.65. The molecule has 0 aliphatic heterocycles. The van der Waals surface area contributed by atoms with Gasteiger partial charge in [0, 0.05) is 12.6 Å². The van der Waals surface area contributed by atoms with Crippen molar-refractivity contribution >= 4 is 11.8 Å². The fourth-order valence-corrected chi connectivity index (χ4v) is 0.904. The molecule has 1 rings (SSSR count). The number of rotatable bonds is 4. The summed E-state index contributed by atoms with van der Waals surface area (Å²) < 4.78 is 5.12. The van der Waals surface area contributed by atoms with Crippen molar-refractivity contribution in [2.75, 3.05) is 24.2 Å². The Labute approximate surface area is 82.7 Å². The van der Waals surface area contributed by atoms with Crippen LogP contribution in [0.25, 0.3) is 0 Å². The summed E-state index contributed by atoms with van der Waals surface area (Å²) in [5.74, 6) is 3.52. The lowest BCUT2D eigenvalue weighted by atomic mass is 10.5. The lowest BCUT2D eigenvalue weighted by Crippen LogP contribution is -2.05. The highest BCUT2D eigenvalue weighted by molar-refractivity contribution is 5.42. The molecule has 5 heteroatoms. The van der Waals surface area contributed by atoms with Gasteiger partial charge in [0.05, 0.1) is 0 Å². The quantitative estimate of drug-likeness (QED) is 0.680. The van der Waals surface area contributed by atoms with Crippen molar-refractivity contribution in [3.8, 4) is 18.2 Å². The summed E-state index contributed by atoms with van der Waals surface area (Å²) in [7, 11) is 0. The molecule has 0 aliphatic carbocycles. The number of nitrogens with two attached hydrogens (primary N) is 1. The topological polar surface area (TPSA) is 73.1 Å². The van der Waals surface area contributed by atoms with Crippen LogP contribution in [0.3, 0.4) is 0 Å². The average Bonchev–Trinajstić information content (AvgIpc) is 2.14. The van der Waals surface area contributed by atoms with Crippen molar-refractivity contribution < 1.29 is 4.74 Å². The molecule has 1 heterocycles. The highest BCUT2D eigenvalue weighted by Gasteiger charge is 2.01. The minimum Gasteiger partial charge on any atom is -0.464 e. The minimum atomic E-state index is 0.162. The van der Waals surface area contributed by atoms with Gasteiger partial charge in [-0.05, 0) is 6.92 Å². The molecule has 1 aromatic heterocycles. The van der Waals surface area contributed by atoms with Crippen LogP contribution < -0.4 is 15.8 Å². The van der Waals surface area contributed by atoms with E-state index < -0.39 is 0 Å². The molecule has 5 nitrogen and oxygen atoms in total. The van der Waals surface area contributed by atoms with E-state index >= 15 is 0 Å². The molecule has 0 aromatic carbocycles. The summed E-state index contributed by atoms with van der Waals surface area (Å²) in [5, 5.41) is 3.00. The first-order valence-electron chi connectivity index (χ1n) is 4.21. The molecule has 74 valence electrons. The van der Waals surface area contributed by atoms with Gasteiger partial charge in [-0.15, -0.1) is 6.42 Å². The molecule has 0 saturated heterocycles. The van der Waals surface area contributed by atoms with E-state index in [9.17, 15) is 0 Å². The number of aromatic nitrogens is 2. The fourth-order valence-electron chi connectivity index (χ4n) is 0.904. The van der Waals surface area contributed by atoms with E-state index in [0.29, 0.717) is 11.7 Å². The van der Waals surface area contributed by atoms with Crippen molar-refractivity contribution in [1.82, 2.24) is 9.97 Å². The highest BCUT2D eigenvalue weighted by atomic mass is 16.5. The van der Waals surface area contributed by atoms with Gasteiger partial charge in [0.15, 0.2) is 6.61 Å². The zero-order valence-electron chi connectivity index (χ0n) is 7.95. The Morgan fingerprint density at radius 3 is 3.07 bits per heavy atom. The Morgan fingerprint density at radius 2 is 2.43 bits per heavy atom. The van der Waals surface area contributed by atoms with Crippen LogP contribution in [-0.4, -0.2) is 23.1 Å². The van der Waals surface area contributed by atoms with Crippen molar-refractivity contribution in [2.24, 2.45) is 0 Å². The number of terminal acetylenes is 1. The monoisotopic (exact) mass is 192 g/mol. The van der Waals surface area contributed by atoms with E-state index in [4.69, 9.17) is 16.9 Å². The Hall–Kier alpha value is -1.96. The molecule has 0 amide bonds. The second-order valence-electron chi connectivity index (χ2n) is 2.47. The highest BCUT2D eigenvalue weighted by Crippen LogP contribution is 2.13. The van der Waals surface area contributed by atoms with Crippen molar-refractivity contribution in [2.45, 2.75) is 6.92 Å². The summed E-state index contributed by atoms with van der Waals surface area (Å²) in [6.45, 7) is 2.88. The van der Waals surface area contributed by atoms with Crippen LogP contribution in [0.4, 0.5) is 11.8 Å². The van der Waals surface area contributed by atoms with Crippen molar-refractivity contribution in [3.05, 3.63) is 6.07 Å². The van der Waals surface area contributed by atoms with E-state index in [2.05, 4.69) is 21.2 Å². The van der Waals surface area contributed by atoms with E-state index in [1.54, 1.807) is 6.07 Å². The van der Waals surface area contributed by atoms with Crippen LogP contribution in [0.5, 0.6) is 5.88 Å². The zero-order valence-corrected chi connectivity index (χ0v) is 7.95. The Kier molecular flexibility index (Phi) is 3.56. The molecule has 0 unspecified atom stereocenters. The molecule has 0 aliphatic rings. The third-order valence-electron chi connectivity index (χ3n) is 1.38. The Morgan fingerprint density at radius 1 is 1.64 bits per heavy atom. The normalized spacial score (nSPS) is 9.14. The van der Waals surface area contributed by atoms with E-state index in [-0.39, 0.29) is 12.6 Å². The standard InChI is InChI=1S/C9H12N4O/c1-3-5-14-8-6-7(11-4-2)12-9(10)13-8/h1,6H,4-5H2,2H3,(H3,10,11,12,13).